The summed E-state index contributed by atoms with van der Waals surface area (Å²) in [6, 6.07) is 7.55. The number of carbonyl (C=O) groups is 2. The van der Waals surface area contributed by atoms with Crippen molar-refractivity contribution in [3.8, 4) is 0 Å². The van der Waals surface area contributed by atoms with Crippen molar-refractivity contribution < 1.29 is 14.7 Å². The van der Waals surface area contributed by atoms with E-state index in [-0.39, 0.29) is 17.9 Å². The van der Waals surface area contributed by atoms with Gasteiger partial charge in [-0.25, -0.2) is 0 Å². The Balaban J connectivity index is 2.09. The Morgan fingerprint density at radius 2 is 2.00 bits per heavy atom. The number of aliphatic hydroxyl groups is 1. The number of para-hydroxylation sites is 1. The minimum absolute atomic E-state index is 0.0538. The maximum Gasteiger partial charge on any atom is 0.313 e. The van der Waals surface area contributed by atoms with Gasteiger partial charge in [-0.15, -0.1) is 0 Å². The van der Waals surface area contributed by atoms with Crippen LogP contribution in [0.5, 0.6) is 0 Å². The molecule has 5 nitrogen and oxygen atoms in total. The van der Waals surface area contributed by atoms with Gasteiger partial charge in [-0.05, 0) is 35.8 Å². The lowest BCUT2D eigenvalue weighted by molar-refractivity contribution is -0.144. The van der Waals surface area contributed by atoms with Crippen LogP contribution in [0, 0.1) is 5.92 Å². The van der Waals surface area contributed by atoms with E-state index in [1.165, 1.54) is 0 Å². The Bertz CT molecular complexity index is 578. The second kappa shape index (κ2) is 7.13. The van der Waals surface area contributed by atoms with Gasteiger partial charge >= 0.3 is 11.8 Å². The van der Waals surface area contributed by atoms with Crippen molar-refractivity contribution in [1.82, 2.24) is 4.90 Å². The van der Waals surface area contributed by atoms with Gasteiger partial charge < -0.3 is 15.3 Å². The molecule has 1 unspecified atom stereocenters. The second-order valence-corrected chi connectivity index (χ2v) is 7.19. The van der Waals surface area contributed by atoms with E-state index in [0.717, 1.165) is 18.4 Å². The highest BCUT2D eigenvalue weighted by Crippen LogP contribution is 2.29. The second-order valence-electron chi connectivity index (χ2n) is 7.19. The first-order valence-electron chi connectivity index (χ1n) is 8.13. The molecule has 0 aromatic heterocycles. The zero-order valence-corrected chi connectivity index (χ0v) is 14.1. The topological polar surface area (TPSA) is 69.6 Å². The van der Waals surface area contributed by atoms with Crippen molar-refractivity contribution in [3.63, 3.8) is 0 Å². The lowest BCUT2D eigenvalue weighted by Gasteiger charge is -2.31. The highest BCUT2D eigenvalue weighted by Gasteiger charge is 2.28. The van der Waals surface area contributed by atoms with Crippen LogP contribution < -0.4 is 5.32 Å². The Hall–Kier alpha value is -1.88. The highest BCUT2D eigenvalue weighted by atomic mass is 16.3. The molecule has 0 aliphatic carbocycles. The molecule has 2 amide bonds. The monoisotopic (exact) mass is 318 g/mol. The van der Waals surface area contributed by atoms with E-state index >= 15 is 0 Å². The van der Waals surface area contributed by atoms with Gasteiger partial charge in [0, 0.05) is 25.4 Å². The van der Waals surface area contributed by atoms with Gasteiger partial charge in [0.05, 0.1) is 0 Å². The van der Waals surface area contributed by atoms with Crippen molar-refractivity contribution in [2.24, 2.45) is 5.92 Å². The van der Waals surface area contributed by atoms with E-state index in [0.29, 0.717) is 18.8 Å². The number of amides is 2. The zero-order valence-electron chi connectivity index (χ0n) is 14.1. The number of piperidine rings is 1. The molecule has 0 saturated carbocycles. The molecule has 0 radical (unpaired) electrons. The van der Waals surface area contributed by atoms with Gasteiger partial charge in [0.1, 0.15) is 0 Å². The number of rotatable bonds is 2. The molecule has 1 saturated heterocycles. The predicted octanol–water partition coefficient (Wildman–Crippen LogP) is 2.15. The Kier molecular flexibility index (Phi) is 5.42. The normalized spacial score (nSPS) is 18.6. The number of nitrogens with zero attached hydrogens (tertiary/aromatic N) is 1. The summed E-state index contributed by atoms with van der Waals surface area (Å²) >= 11 is 0. The van der Waals surface area contributed by atoms with Crippen molar-refractivity contribution in [2.75, 3.05) is 25.0 Å². The average Bonchev–Trinajstić information content (AvgIpc) is 2.53. The van der Waals surface area contributed by atoms with Crippen LogP contribution in [0.25, 0.3) is 0 Å². The Morgan fingerprint density at radius 1 is 1.30 bits per heavy atom. The first-order valence-corrected chi connectivity index (χ1v) is 8.13. The Morgan fingerprint density at radius 3 is 2.65 bits per heavy atom. The first kappa shape index (κ1) is 17.5. The number of anilines is 1. The number of benzene rings is 1. The number of nitrogens with one attached hydrogen (secondary N) is 1. The highest BCUT2D eigenvalue weighted by molar-refractivity contribution is 6.39. The molecular weight excluding hydrogens is 292 g/mol. The van der Waals surface area contributed by atoms with E-state index in [9.17, 15) is 14.7 Å². The summed E-state index contributed by atoms with van der Waals surface area (Å²) < 4.78 is 0. The molecule has 0 bridgehead atoms. The molecule has 1 aromatic rings. The summed E-state index contributed by atoms with van der Waals surface area (Å²) in [6.07, 6.45) is 1.72. The van der Waals surface area contributed by atoms with E-state index in [4.69, 9.17) is 0 Å². The largest absolute Gasteiger partial charge is 0.396 e. The van der Waals surface area contributed by atoms with Crippen LogP contribution in [-0.2, 0) is 15.0 Å². The molecule has 2 N–H and O–H groups in total. The van der Waals surface area contributed by atoms with Crippen LogP contribution in [-0.4, -0.2) is 41.5 Å². The number of likely N-dealkylation sites (tertiary alicyclic amines) is 1. The zero-order chi connectivity index (χ0) is 17.0. The fourth-order valence-electron chi connectivity index (χ4n) is 2.96. The summed E-state index contributed by atoms with van der Waals surface area (Å²) in [5.41, 5.74) is 1.54. The van der Waals surface area contributed by atoms with E-state index < -0.39 is 11.8 Å². The standard InChI is InChI=1S/C18H26N2O3/c1-18(2,3)14-8-4-5-9-15(14)19-16(22)17(23)20-10-6-7-13(11-20)12-21/h4-5,8-9,13,21H,6-7,10-12H2,1-3H3,(H,19,22). The smallest absolute Gasteiger partial charge is 0.313 e. The molecule has 1 aromatic carbocycles. The molecular formula is C18H26N2O3. The van der Waals surface area contributed by atoms with Crippen molar-refractivity contribution >= 4 is 17.5 Å². The van der Waals surface area contributed by atoms with Crippen LogP contribution >= 0.6 is 0 Å². The van der Waals surface area contributed by atoms with Crippen molar-refractivity contribution in [3.05, 3.63) is 29.8 Å². The van der Waals surface area contributed by atoms with Gasteiger partial charge in [0.2, 0.25) is 0 Å². The molecule has 126 valence electrons. The minimum atomic E-state index is -0.611. The van der Waals surface area contributed by atoms with E-state index in [1.807, 2.05) is 24.3 Å². The molecule has 1 heterocycles. The number of aliphatic hydroxyl groups excluding tert-OH is 1. The molecule has 1 aliphatic rings. The third-order valence-corrected chi connectivity index (χ3v) is 4.24. The van der Waals surface area contributed by atoms with Crippen LogP contribution in [0.3, 0.4) is 0 Å². The Labute approximate surface area is 137 Å². The van der Waals surface area contributed by atoms with Crippen molar-refractivity contribution in [1.29, 1.82) is 0 Å². The molecule has 23 heavy (non-hydrogen) atoms. The van der Waals surface area contributed by atoms with Crippen LogP contribution in [0.2, 0.25) is 0 Å². The lowest BCUT2D eigenvalue weighted by Crippen LogP contribution is -2.46. The van der Waals surface area contributed by atoms with Crippen LogP contribution in [0.1, 0.15) is 39.2 Å². The molecule has 1 fully saturated rings. The third kappa shape index (κ3) is 4.32. The summed E-state index contributed by atoms with van der Waals surface area (Å²) in [7, 11) is 0. The quantitative estimate of drug-likeness (QED) is 0.821. The summed E-state index contributed by atoms with van der Waals surface area (Å²) in [6.45, 7) is 7.27. The SMILES string of the molecule is CC(C)(C)c1ccccc1NC(=O)C(=O)N1CCCC(CO)C1. The molecule has 1 atom stereocenters. The van der Waals surface area contributed by atoms with E-state index in [2.05, 4.69) is 26.1 Å². The minimum Gasteiger partial charge on any atom is -0.396 e. The van der Waals surface area contributed by atoms with Gasteiger partial charge in [-0.3, -0.25) is 9.59 Å². The molecule has 1 aliphatic heterocycles. The number of hydrogen-bond acceptors (Lipinski definition) is 3. The van der Waals surface area contributed by atoms with Crippen LogP contribution in [0.4, 0.5) is 5.69 Å². The third-order valence-electron chi connectivity index (χ3n) is 4.24. The van der Waals surface area contributed by atoms with Gasteiger partial charge in [-0.1, -0.05) is 39.0 Å². The predicted molar refractivity (Wildman–Crippen MR) is 90.2 cm³/mol. The maximum atomic E-state index is 12.4. The number of carbonyl (C=O) groups excluding carboxylic acids is 2. The van der Waals surface area contributed by atoms with Gasteiger partial charge in [0.25, 0.3) is 0 Å². The van der Waals surface area contributed by atoms with Gasteiger partial charge in [-0.2, -0.15) is 0 Å². The van der Waals surface area contributed by atoms with Gasteiger partial charge in [0.15, 0.2) is 0 Å². The number of hydrogen-bond donors (Lipinski definition) is 2. The molecule has 2 rings (SSSR count). The average molecular weight is 318 g/mol. The van der Waals surface area contributed by atoms with E-state index in [1.54, 1.807) is 4.90 Å². The fraction of sp³-hybridized carbons (Fsp3) is 0.556. The molecule has 5 heteroatoms. The maximum absolute atomic E-state index is 12.4. The summed E-state index contributed by atoms with van der Waals surface area (Å²) in [4.78, 5) is 26.2. The first-order chi connectivity index (χ1) is 10.8. The van der Waals surface area contributed by atoms with Crippen molar-refractivity contribution in [2.45, 2.75) is 39.0 Å². The summed E-state index contributed by atoms with van der Waals surface area (Å²) in [5.74, 6) is -1.06. The lowest BCUT2D eigenvalue weighted by atomic mass is 9.86. The fourth-order valence-corrected chi connectivity index (χ4v) is 2.96. The summed E-state index contributed by atoms with van der Waals surface area (Å²) in [5, 5.41) is 12.0. The molecule has 0 spiro atoms. The van der Waals surface area contributed by atoms with Crippen LogP contribution in [0.15, 0.2) is 24.3 Å².